The summed E-state index contributed by atoms with van der Waals surface area (Å²) < 4.78 is 12.8. The van der Waals surface area contributed by atoms with E-state index in [1.54, 1.807) is 36.1 Å². The van der Waals surface area contributed by atoms with Gasteiger partial charge in [0.1, 0.15) is 18.1 Å². The maximum Gasteiger partial charge on any atom is 0.258 e. The minimum Gasteiger partial charge on any atom is -0.497 e. The van der Waals surface area contributed by atoms with Crippen LogP contribution in [0.25, 0.3) is 21.5 Å². The third-order valence-electron chi connectivity index (χ3n) is 5.28. The lowest BCUT2D eigenvalue weighted by molar-refractivity contribution is 0.0904. The zero-order valence-corrected chi connectivity index (χ0v) is 17.2. The van der Waals surface area contributed by atoms with Crippen LogP contribution in [0.5, 0.6) is 11.5 Å². The van der Waals surface area contributed by atoms with E-state index < -0.39 is 12.4 Å². The van der Waals surface area contributed by atoms with Crippen molar-refractivity contribution in [1.82, 2.24) is 4.57 Å². The molecule has 0 amide bonds. The molecule has 0 saturated heterocycles. The number of pyridine rings is 1. The van der Waals surface area contributed by atoms with E-state index in [4.69, 9.17) is 14.6 Å². The molecule has 4 rings (SSSR count). The van der Waals surface area contributed by atoms with Crippen LogP contribution in [-0.4, -0.2) is 35.8 Å². The van der Waals surface area contributed by atoms with E-state index in [9.17, 15) is 9.59 Å². The molecule has 0 spiro atoms. The van der Waals surface area contributed by atoms with Crippen molar-refractivity contribution in [2.24, 2.45) is 0 Å². The number of carbonyl (C=O) groups excluding carboxylic acids is 1. The van der Waals surface area contributed by atoms with Gasteiger partial charge in [-0.1, -0.05) is 24.3 Å². The van der Waals surface area contributed by atoms with Gasteiger partial charge in [-0.15, -0.1) is 0 Å². The first kappa shape index (κ1) is 20.6. The number of ketones is 1. The summed E-state index contributed by atoms with van der Waals surface area (Å²) >= 11 is 0. The molecule has 1 heterocycles. The second-order valence-electron chi connectivity index (χ2n) is 7.27. The second kappa shape index (κ2) is 9.02. The van der Waals surface area contributed by atoms with Gasteiger partial charge < -0.3 is 19.1 Å². The number of rotatable bonds is 8. The van der Waals surface area contributed by atoms with Crippen LogP contribution in [0.3, 0.4) is 0 Å². The number of aliphatic hydroxyl groups is 1. The molecular formula is C25H23NO5. The lowest BCUT2D eigenvalue weighted by Crippen LogP contribution is -2.21. The number of hydrogen-bond acceptors (Lipinski definition) is 5. The van der Waals surface area contributed by atoms with Gasteiger partial charge in [-0.05, 0) is 59.0 Å². The molecule has 31 heavy (non-hydrogen) atoms. The van der Waals surface area contributed by atoms with Crippen molar-refractivity contribution in [2.45, 2.75) is 13.0 Å². The molecule has 0 aliphatic carbocycles. The van der Waals surface area contributed by atoms with E-state index in [2.05, 4.69) is 0 Å². The second-order valence-corrected chi connectivity index (χ2v) is 7.27. The fourth-order valence-electron chi connectivity index (χ4n) is 3.56. The Morgan fingerprint density at radius 3 is 2.45 bits per heavy atom. The van der Waals surface area contributed by atoms with Crippen LogP contribution in [0.4, 0.5) is 0 Å². The van der Waals surface area contributed by atoms with Crippen LogP contribution in [-0.2, 0) is 6.54 Å². The van der Waals surface area contributed by atoms with Crippen molar-refractivity contribution in [3.63, 3.8) is 0 Å². The topological polar surface area (TPSA) is 77.8 Å². The molecule has 0 aliphatic heterocycles. The number of fused-ring (bicyclic) bond motifs is 2. The standard InChI is InChI=1S/C25H23NO5/c1-30-21-7-5-17-6-8-22(14-20(17)13-21)31-12-2-10-26-11-9-18-3-4-19(24(28)16-27)15-23(18)25(26)29/h3-9,11,13-15,27H,2,10,12,16H2,1H3. The largest absolute Gasteiger partial charge is 0.497 e. The van der Waals surface area contributed by atoms with Crippen molar-refractivity contribution < 1.29 is 19.4 Å². The van der Waals surface area contributed by atoms with Gasteiger partial charge in [-0.25, -0.2) is 0 Å². The van der Waals surface area contributed by atoms with Crippen LogP contribution in [0.2, 0.25) is 0 Å². The number of methoxy groups -OCH3 is 1. The highest BCUT2D eigenvalue weighted by atomic mass is 16.5. The van der Waals surface area contributed by atoms with Crippen LogP contribution in [0.15, 0.2) is 71.7 Å². The van der Waals surface area contributed by atoms with Crippen molar-refractivity contribution in [1.29, 1.82) is 0 Å². The third-order valence-corrected chi connectivity index (χ3v) is 5.28. The summed E-state index contributed by atoms with van der Waals surface area (Å²) in [7, 11) is 1.64. The van der Waals surface area contributed by atoms with Gasteiger partial charge in [0.25, 0.3) is 5.56 Å². The summed E-state index contributed by atoms with van der Waals surface area (Å²) in [5, 5.41) is 12.4. The van der Waals surface area contributed by atoms with Gasteiger partial charge in [-0.3, -0.25) is 9.59 Å². The van der Waals surface area contributed by atoms with Crippen molar-refractivity contribution in [3.8, 4) is 11.5 Å². The van der Waals surface area contributed by atoms with Crippen LogP contribution in [0.1, 0.15) is 16.8 Å². The van der Waals surface area contributed by atoms with Gasteiger partial charge in [0.15, 0.2) is 5.78 Å². The monoisotopic (exact) mass is 417 g/mol. The van der Waals surface area contributed by atoms with Gasteiger partial charge in [-0.2, -0.15) is 0 Å². The quantitative estimate of drug-likeness (QED) is 0.348. The normalized spacial score (nSPS) is 11.0. The Kier molecular flexibility index (Phi) is 6.00. The molecule has 6 nitrogen and oxygen atoms in total. The number of benzene rings is 3. The number of carbonyl (C=O) groups is 1. The van der Waals surface area contributed by atoms with Gasteiger partial charge >= 0.3 is 0 Å². The Morgan fingerprint density at radius 2 is 1.68 bits per heavy atom. The molecule has 158 valence electrons. The summed E-state index contributed by atoms with van der Waals surface area (Å²) in [6.07, 6.45) is 2.40. The first-order valence-electron chi connectivity index (χ1n) is 10.1. The van der Waals surface area contributed by atoms with Gasteiger partial charge in [0.05, 0.1) is 13.7 Å². The van der Waals surface area contributed by atoms with Crippen molar-refractivity contribution in [3.05, 3.63) is 82.8 Å². The molecule has 0 bridgehead atoms. The number of hydrogen-bond donors (Lipinski definition) is 1. The molecule has 1 aromatic heterocycles. The zero-order valence-electron chi connectivity index (χ0n) is 17.2. The number of aromatic nitrogens is 1. The predicted molar refractivity (Wildman–Crippen MR) is 120 cm³/mol. The number of aryl methyl sites for hydroxylation is 1. The summed E-state index contributed by atoms with van der Waals surface area (Å²) in [6.45, 7) is 0.378. The van der Waals surface area contributed by atoms with Gasteiger partial charge in [0, 0.05) is 23.7 Å². The molecule has 0 radical (unpaired) electrons. The fraction of sp³-hybridized carbons (Fsp3) is 0.200. The highest BCUT2D eigenvalue weighted by Crippen LogP contribution is 2.25. The van der Waals surface area contributed by atoms with E-state index in [1.165, 1.54) is 0 Å². The Hall–Kier alpha value is -3.64. The molecule has 0 aliphatic rings. The van der Waals surface area contributed by atoms with Crippen LogP contribution >= 0.6 is 0 Å². The third kappa shape index (κ3) is 4.44. The highest BCUT2D eigenvalue weighted by molar-refractivity contribution is 6.00. The molecular weight excluding hydrogens is 394 g/mol. The first-order valence-corrected chi connectivity index (χ1v) is 10.1. The Morgan fingerprint density at radius 1 is 0.935 bits per heavy atom. The van der Waals surface area contributed by atoms with E-state index in [0.717, 1.165) is 27.7 Å². The van der Waals surface area contributed by atoms with Crippen LogP contribution in [0, 0.1) is 0 Å². The molecule has 4 aromatic rings. The van der Waals surface area contributed by atoms with Crippen molar-refractivity contribution >= 4 is 27.3 Å². The van der Waals surface area contributed by atoms with Crippen LogP contribution < -0.4 is 15.0 Å². The SMILES string of the molecule is COc1ccc2ccc(OCCCn3ccc4ccc(C(=O)CO)cc4c3=O)cc2c1. The van der Waals surface area contributed by atoms with Crippen molar-refractivity contribution in [2.75, 3.05) is 20.3 Å². The Labute approximate surface area is 179 Å². The maximum atomic E-state index is 12.8. The smallest absolute Gasteiger partial charge is 0.258 e. The molecule has 0 unspecified atom stereocenters. The molecule has 3 aromatic carbocycles. The molecule has 0 atom stereocenters. The molecule has 0 saturated carbocycles. The predicted octanol–water partition coefficient (Wildman–Crippen LogP) is 3.81. The van der Waals surface area contributed by atoms with E-state index >= 15 is 0 Å². The zero-order chi connectivity index (χ0) is 21.8. The fourth-order valence-corrected chi connectivity index (χ4v) is 3.56. The van der Waals surface area contributed by atoms with E-state index in [-0.39, 0.29) is 5.56 Å². The Balaban J connectivity index is 1.43. The lowest BCUT2D eigenvalue weighted by atomic mass is 10.1. The number of aliphatic hydroxyl groups excluding tert-OH is 1. The Bertz CT molecular complexity index is 1310. The van der Waals surface area contributed by atoms with Gasteiger partial charge in [0.2, 0.25) is 0 Å². The molecule has 0 fully saturated rings. The summed E-state index contributed by atoms with van der Waals surface area (Å²) in [5.41, 5.74) is 0.170. The van der Waals surface area contributed by atoms with E-state index in [1.807, 2.05) is 42.5 Å². The molecule has 1 N–H and O–H groups in total. The first-order chi connectivity index (χ1) is 15.1. The summed E-state index contributed by atoms with van der Waals surface area (Å²) in [5.74, 6) is 1.15. The summed E-state index contributed by atoms with van der Waals surface area (Å²) in [4.78, 5) is 24.5. The maximum absolute atomic E-state index is 12.8. The molecule has 6 heteroatoms. The summed E-state index contributed by atoms with van der Waals surface area (Å²) in [6, 6.07) is 18.5. The minimum absolute atomic E-state index is 0.164. The lowest BCUT2D eigenvalue weighted by Gasteiger charge is -2.10. The highest BCUT2D eigenvalue weighted by Gasteiger charge is 2.09. The number of Topliss-reactive ketones (excluding diaryl/α,β-unsaturated/α-hetero) is 1. The average Bonchev–Trinajstić information content (AvgIpc) is 2.81. The van der Waals surface area contributed by atoms with E-state index in [0.29, 0.717) is 30.5 Å². The minimum atomic E-state index is -0.578. The number of nitrogens with zero attached hydrogens (tertiary/aromatic N) is 1. The average molecular weight is 417 g/mol. The number of ether oxygens (including phenoxy) is 2.